The molecule has 2 aliphatic rings. The van der Waals surface area contributed by atoms with Gasteiger partial charge in [0, 0.05) is 47.8 Å². The van der Waals surface area contributed by atoms with Crippen molar-refractivity contribution in [3.63, 3.8) is 0 Å². The number of H-pyrrole nitrogens is 2. The van der Waals surface area contributed by atoms with Gasteiger partial charge in [0.25, 0.3) is 0 Å². The van der Waals surface area contributed by atoms with Gasteiger partial charge < -0.3 is 30.4 Å². The van der Waals surface area contributed by atoms with E-state index in [2.05, 4.69) is 9.97 Å². The number of hydrogen-bond acceptors (Lipinski definition) is 6. The molecule has 0 aliphatic carbocycles. The van der Waals surface area contributed by atoms with Crippen molar-refractivity contribution < 1.29 is 39.6 Å². The first kappa shape index (κ1) is 33.8. The number of nitrogens with zero attached hydrogens (tertiary/aromatic N) is 2. The molecule has 5 heterocycles. The molecule has 0 atom stereocenters. The number of aryl methyl sites for hydroxylation is 4. The van der Waals surface area contributed by atoms with Gasteiger partial charge >= 0.3 is 23.9 Å². The lowest BCUT2D eigenvalue weighted by molar-refractivity contribution is -0.138. The Morgan fingerprint density at radius 3 is 1.27 bits per heavy atom. The van der Waals surface area contributed by atoms with E-state index in [1.54, 1.807) is 0 Å². The van der Waals surface area contributed by atoms with Gasteiger partial charge in [0.05, 0.1) is 22.8 Å². The van der Waals surface area contributed by atoms with Gasteiger partial charge in [0.2, 0.25) is 0 Å². The Labute approximate surface area is 275 Å². The van der Waals surface area contributed by atoms with Crippen molar-refractivity contribution in [3.8, 4) is 0 Å². The molecule has 8 bridgehead atoms. The average Bonchev–Trinajstić information content (AvgIpc) is 3.66. The van der Waals surface area contributed by atoms with Gasteiger partial charge in [0.15, 0.2) is 0 Å². The Morgan fingerprint density at radius 1 is 0.500 bits per heavy atom. The summed E-state index contributed by atoms with van der Waals surface area (Å²) in [7, 11) is 0. The fourth-order valence-electron chi connectivity index (χ4n) is 6.42. The normalized spacial score (nSPS) is 12.9. The molecule has 0 radical (unpaired) electrons. The Bertz CT molecular complexity index is 2100. The van der Waals surface area contributed by atoms with Gasteiger partial charge in [-0.15, -0.1) is 0 Å². The molecule has 0 saturated carbocycles. The van der Waals surface area contributed by atoms with Gasteiger partial charge in [-0.3, -0.25) is 19.2 Å². The molecule has 3 aromatic rings. The van der Waals surface area contributed by atoms with Crippen LogP contribution in [0.4, 0.5) is 0 Å². The third-order valence-electron chi connectivity index (χ3n) is 9.16. The second kappa shape index (κ2) is 13.7. The molecule has 12 heteroatoms. The Hall–Kier alpha value is -5.52. The minimum absolute atomic E-state index is 0.0943. The van der Waals surface area contributed by atoms with Crippen LogP contribution in [0.25, 0.3) is 44.4 Å². The molecule has 12 nitrogen and oxygen atoms in total. The lowest BCUT2D eigenvalue weighted by Gasteiger charge is -2.04. The summed E-state index contributed by atoms with van der Waals surface area (Å²) in [6, 6.07) is 7.40. The van der Waals surface area contributed by atoms with Crippen molar-refractivity contribution in [2.75, 3.05) is 0 Å². The molecule has 0 fully saturated rings. The standard InChI is InChI=1S/C36H38N4O8/c1-17-21(5-9-33(41)42)29-14-27-19(3)22(6-10-34(43)44)30(39-27)15-28-20(4)24(8-12-36(47)48)32(40-28)16-31-23(7-11-35(45)46)18(2)26(38-31)13-25(17)37-29/h13-16,38,40H,5-12H2,1-4H3,(H,41,42)(H,43,44)(H,45,46)(H,47,48). The smallest absolute Gasteiger partial charge is 0.303 e. The van der Waals surface area contributed by atoms with Crippen molar-refractivity contribution in [1.82, 2.24) is 19.9 Å². The Kier molecular flexibility index (Phi) is 9.64. The fourth-order valence-corrected chi connectivity index (χ4v) is 6.42. The van der Waals surface area contributed by atoms with Crippen molar-refractivity contribution in [1.29, 1.82) is 0 Å². The van der Waals surface area contributed by atoms with Gasteiger partial charge in [-0.05, 0) is 122 Å². The lowest BCUT2D eigenvalue weighted by Crippen LogP contribution is -1.98. The monoisotopic (exact) mass is 654 g/mol. The first-order valence-corrected chi connectivity index (χ1v) is 15.7. The van der Waals surface area contributed by atoms with Gasteiger partial charge in [0.1, 0.15) is 0 Å². The maximum atomic E-state index is 11.6. The van der Waals surface area contributed by atoms with Crippen LogP contribution in [0.5, 0.6) is 0 Å². The number of aromatic amines is 2. The molecule has 48 heavy (non-hydrogen) atoms. The fraction of sp³-hybridized carbons (Fsp3) is 0.333. The number of hydrogen-bond donors (Lipinski definition) is 6. The zero-order chi connectivity index (χ0) is 34.9. The predicted octanol–water partition coefficient (Wildman–Crippen LogP) is 6.56. The van der Waals surface area contributed by atoms with Gasteiger partial charge in [-0.1, -0.05) is 0 Å². The van der Waals surface area contributed by atoms with E-state index in [0.717, 1.165) is 44.5 Å². The van der Waals surface area contributed by atoms with E-state index in [4.69, 9.17) is 9.97 Å². The predicted molar refractivity (Wildman–Crippen MR) is 181 cm³/mol. The first-order valence-electron chi connectivity index (χ1n) is 15.7. The van der Waals surface area contributed by atoms with E-state index in [1.807, 2.05) is 52.0 Å². The van der Waals surface area contributed by atoms with Crippen LogP contribution in [0.1, 0.15) is 97.4 Å². The van der Waals surface area contributed by atoms with Crippen LogP contribution in [0.15, 0.2) is 24.3 Å². The summed E-state index contributed by atoms with van der Waals surface area (Å²) in [5.74, 6) is -3.76. The molecule has 3 aromatic heterocycles. The highest BCUT2D eigenvalue weighted by atomic mass is 16.4. The number of aromatic nitrogens is 4. The number of nitrogens with one attached hydrogen (secondary N) is 2. The maximum Gasteiger partial charge on any atom is 0.303 e. The zero-order valence-corrected chi connectivity index (χ0v) is 27.3. The molecule has 2 aliphatic heterocycles. The van der Waals surface area contributed by atoms with Crippen LogP contribution in [0.2, 0.25) is 0 Å². The highest BCUT2D eigenvalue weighted by Gasteiger charge is 2.23. The van der Waals surface area contributed by atoms with Crippen LogP contribution in [0.3, 0.4) is 0 Å². The molecule has 0 spiro atoms. The highest BCUT2D eigenvalue weighted by Crippen LogP contribution is 2.38. The van der Waals surface area contributed by atoms with Crippen LogP contribution in [-0.2, 0) is 32.0 Å². The number of carboxylic acid groups (broad SMARTS) is 4. The summed E-state index contributed by atoms with van der Waals surface area (Å²) in [5.41, 5.74) is 11.4. The first-order chi connectivity index (χ1) is 22.7. The molecule has 0 unspecified atom stereocenters. The number of allylic oxidation sites excluding steroid dienone is 4. The number of carbonyl (C=O) groups is 4. The summed E-state index contributed by atoms with van der Waals surface area (Å²) in [4.78, 5) is 63.1. The summed E-state index contributed by atoms with van der Waals surface area (Å²) >= 11 is 0. The minimum Gasteiger partial charge on any atom is -0.481 e. The van der Waals surface area contributed by atoms with Gasteiger partial charge in [-0.25, -0.2) is 9.97 Å². The van der Waals surface area contributed by atoms with Crippen molar-refractivity contribution in [2.24, 2.45) is 0 Å². The van der Waals surface area contributed by atoms with E-state index >= 15 is 0 Å². The summed E-state index contributed by atoms with van der Waals surface area (Å²) < 4.78 is 0. The Morgan fingerprint density at radius 2 is 0.854 bits per heavy atom. The number of aliphatic carboxylic acids is 4. The van der Waals surface area contributed by atoms with Crippen molar-refractivity contribution >= 4 is 68.2 Å². The molecular weight excluding hydrogens is 616 g/mol. The maximum absolute atomic E-state index is 11.6. The second-order valence-electron chi connectivity index (χ2n) is 12.2. The lowest BCUT2D eigenvalue weighted by atomic mass is 9.98. The van der Waals surface area contributed by atoms with E-state index in [0.29, 0.717) is 44.8 Å². The largest absolute Gasteiger partial charge is 0.481 e. The Balaban J connectivity index is 1.91. The van der Waals surface area contributed by atoms with Gasteiger partial charge in [-0.2, -0.15) is 0 Å². The van der Waals surface area contributed by atoms with Crippen LogP contribution >= 0.6 is 0 Å². The number of carboxylic acids is 4. The molecule has 0 amide bonds. The molecule has 250 valence electrons. The molecular formula is C36H38N4O8. The minimum atomic E-state index is -0.946. The van der Waals surface area contributed by atoms with E-state index in [9.17, 15) is 39.6 Å². The molecule has 5 rings (SSSR count). The third-order valence-corrected chi connectivity index (χ3v) is 9.16. The quantitative estimate of drug-likeness (QED) is 0.124. The summed E-state index contributed by atoms with van der Waals surface area (Å²) in [6.07, 6.45) is 0.578. The highest BCUT2D eigenvalue weighted by molar-refractivity contribution is 5.96. The topological polar surface area (TPSA) is 207 Å². The molecule has 0 aromatic carbocycles. The molecule has 6 N–H and O–H groups in total. The SMILES string of the molecule is CC1=C(CCC(=O)O)c2cc3nc(cc4[nH]c(cc5[nH]c(cc1n2)c(C)c5CCC(=O)O)c(CCC(=O)O)c4C)C(CCC(=O)O)=C3C. The van der Waals surface area contributed by atoms with Crippen LogP contribution < -0.4 is 0 Å². The summed E-state index contributed by atoms with van der Waals surface area (Å²) in [6.45, 7) is 7.56. The average molecular weight is 655 g/mol. The van der Waals surface area contributed by atoms with Crippen LogP contribution in [-0.4, -0.2) is 64.2 Å². The zero-order valence-electron chi connectivity index (χ0n) is 27.3. The van der Waals surface area contributed by atoms with Crippen molar-refractivity contribution in [2.45, 2.75) is 79.1 Å². The van der Waals surface area contributed by atoms with E-state index < -0.39 is 23.9 Å². The third kappa shape index (κ3) is 7.07. The second-order valence-corrected chi connectivity index (χ2v) is 12.2. The van der Waals surface area contributed by atoms with E-state index in [-0.39, 0.29) is 51.4 Å². The molecule has 0 saturated heterocycles. The van der Waals surface area contributed by atoms with Crippen molar-refractivity contribution in [3.05, 3.63) is 69.3 Å². The van der Waals surface area contributed by atoms with E-state index in [1.165, 1.54) is 0 Å². The van der Waals surface area contributed by atoms with Crippen LogP contribution in [0, 0.1) is 13.8 Å². The number of rotatable bonds is 12. The summed E-state index contributed by atoms with van der Waals surface area (Å²) in [5, 5.41) is 38.0. The number of fused-ring (bicyclic) bond motifs is 8.